The first-order valence-corrected chi connectivity index (χ1v) is 6.15. The van der Waals surface area contributed by atoms with Crippen LogP contribution in [0.2, 0.25) is 0 Å². The summed E-state index contributed by atoms with van der Waals surface area (Å²) in [6, 6.07) is -0.646. The van der Waals surface area contributed by atoms with Crippen molar-refractivity contribution in [3.8, 4) is 0 Å². The quantitative estimate of drug-likeness (QED) is 0.743. The molecule has 1 saturated heterocycles. The Balaban J connectivity index is 1.74. The number of imide groups is 2. The Bertz CT molecular complexity index is 535. The molecule has 1 aliphatic carbocycles. The highest BCUT2D eigenvalue weighted by Gasteiger charge is 2.57. The fourth-order valence-corrected chi connectivity index (χ4v) is 2.46. The first-order chi connectivity index (χ1) is 9.13. The van der Waals surface area contributed by atoms with Gasteiger partial charge in [0.25, 0.3) is 0 Å². The third-order valence-electron chi connectivity index (χ3n) is 3.79. The van der Waals surface area contributed by atoms with Gasteiger partial charge in [0.1, 0.15) is 5.41 Å². The van der Waals surface area contributed by atoms with E-state index in [1.54, 1.807) is 6.20 Å². The van der Waals surface area contributed by atoms with E-state index in [9.17, 15) is 14.4 Å². The van der Waals surface area contributed by atoms with E-state index in [0.29, 0.717) is 19.4 Å². The molecule has 3 rings (SSSR count). The van der Waals surface area contributed by atoms with Gasteiger partial charge >= 0.3 is 6.03 Å². The van der Waals surface area contributed by atoms with Gasteiger partial charge in [0, 0.05) is 6.20 Å². The third kappa shape index (κ3) is 1.71. The van der Waals surface area contributed by atoms with Crippen LogP contribution >= 0.6 is 0 Å². The fourth-order valence-electron chi connectivity index (χ4n) is 2.46. The van der Waals surface area contributed by atoms with Crippen LogP contribution in [0.3, 0.4) is 0 Å². The molecule has 1 aromatic heterocycles. The molecule has 8 heteroatoms. The topological polar surface area (TPSA) is 97.2 Å². The highest BCUT2D eigenvalue weighted by atomic mass is 16.2. The number of aromatic nitrogens is 3. The van der Waals surface area contributed by atoms with Crippen molar-refractivity contribution in [2.75, 3.05) is 6.54 Å². The molecule has 1 N–H and O–H groups in total. The molecule has 0 bridgehead atoms. The zero-order valence-corrected chi connectivity index (χ0v) is 10.2. The molecule has 2 aliphatic rings. The number of carbonyl (C=O) groups is 3. The molecule has 19 heavy (non-hydrogen) atoms. The summed E-state index contributed by atoms with van der Waals surface area (Å²) in [6.45, 7) is 0.548. The highest BCUT2D eigenvalue weighted by Crippen LogP contribution is 2.44. The summed E-state index contributed by atoms with van der Waals surface area (Å²) in [5, 5.41) is 9.68. The van der Waals surface area contributed by atoms with Gasteiger partial charge < -0.3 is 0 Å². The Hall–Kier alpha value is -2.25. The van der Waals surface area contributed by atoms with Gasteiger partial charge in [-0.05, 0) is 12.8 Å². The largest absolute Gasteiger partial charge is 0.330 e. The Labute approximate surface area is 108 Å². The van der Waals surface area contributed by atoms with Crippen LogP contribution in [0.5, 0.6) is 0 Å². The SMILES string of the molecule is O=C1NC(=O)C2(CCC2)C(=O)N1CCn1ccnn1. The van der Waals surface area contributed by atoms with Crippen molar-refractivity contribution < 1.29 is 14.4 Å². The number of carbonyl (C=O) groups excluding carboxylic acids is 3. The summed E-state index contributed by atoms with van der Waals surface area (Å²) in [5.74, 6) is -0.835. The molecule has 0 radical (unpaired) electrons. The fraction of sp³-hybridized carbons (Fsp3) is 0.545. The molecule has 2 fully saturated rings. The molecule has 1 spiro atoms. The Morgan fingerprint density at radius 3 is 2.63 bits per heavy atom. The molecule has 100 valence electrons. The second-order valence-corrected chi connectivity index (χ2v) is 4.82. The minimum Gasteiger partial charge on any atom is -0.277 e. The molecule has 8 nitrogen and oxygen atoms in total. The second-order valence-electron chi connectivity index (χ2n) is 4.82. The Morgan fingerprint density at radius 2 is 2.05 bits per heavy atom. The lowest BCUT2D eigenvalue weighted by atomic mass is 9.66. The van der Waals surface area contributed by atoms with Gasteiger partial charge in [0.15, 0.2) is 0 Å². The normalized spacial score (nSPS) is 21.5. The standard InChI is InChI=1S/C11H13N5O3/c17-8-11(2-1-3-11)9(18)16(10(19)13-8)7-6-15-5-4-12-14-15/h4-5H,1-3,6-7H2,(H,13,17,19). The molecule has 0 unspecified atom stereocenters. The van der Waals surface area contributed by atoms with Gasteiger partial charge in [-0.2, -0.15) is 0 Å². The van der Waals surface area contributed by atoms with E-state index in [1.165, 1.54) is 10.9 Å². The van der Waals surface area contributed by atoms with Gasteiger partial charge in [0.05, 0.1) is 19.3 Å². The molecular formula is C11H13N5O3. The van der Waals surface area contributed by atoms with Crippen molar-refractivity contribution in [1.29, 1.82) is 0 Å². The maximum Gasteiger partial charge on any atom is 0.330 e. The van der Waals surface area contributed by atoms with Crippen LogP contribution in [0.1, 0.15) is 19.3 Å². The molecule has 4 amide bonds. The summed E-state index contributed by atoms with van der Waals surface area (Å²) in [5.41, 5.74) is -1.00. The van der Waals surface area contributed by atoms with Gasteiger partial charge in [-0.3, -0.25) is 24.5 Å². The summed E-state index contributed by atoms with van der Waals surface area (Å²) in [4.78, 5) is 36.9. The average Bonchev–Trinajstić information content (AvgIpc) is 2.79. The van der Waals surface area contributed by atoms with E-state index in [2.05, 4.69) is 15.6 Å². The zero-order valence-electron chi connectivity index (χ0n) is 10.2. The zero-order chi connectivity index (χ0) is 13.5. The van der Waals surface area contributed by atoms with Crippen molar-refractivity contribution >= 4 is 17.8 Å². The number of hydrogen-bond acceptors (Lipinski definition) is 5. The van der Waals surface area contributed by atoms with Gasteiger partial charge in [-0.25, -0.2) is 4.79 Å². The van der Waals surface area contributed by atoms with E-state index in [4.69, 9.17) is 0 Å². The van der Waals surface area contributed by atoms with Gasteiger partial charge in [-0.1, -0.05) is 11.6 Å². The Kier molecular flexibility index (Phi) is 2.58. The van der Waals surface area contributed by atoms with Crippen molar-refractivity contribution in [2.45, 2.75) is 25.8 Å². The first kappa shape index (κ1) is 11.8. The molecule has 1 saturated carbocycles. The van der Waals surface area contributed by atoms with E-state index >= 15 is 0 Å². The lowest BCUT2D eigenvalue weighted by molar-refractivity contribution is -0.157. The van der Waals surface area contributed by atoms with Crippen molar-refractivity contribution in [1.82, 2.24) is 25.2 Å². The predicted octanol–water partition coefficient (Wildman–Crippen LogP) is -0.473. The maximum absolute atomic E-state index is 12.3. The summed E-state index contributed by atoms with van der Waals surface area (Å²) in [7, 11) is 0. The molecule has 2 heterocycles. The number of urea groups is 1. The second kappa shape index (κ2) is 4.15. The van der Waals surface area contributed by atoms with Gasteiger partial charge in [-0.15, -0.1) is 5.10 Å². The van der Waals surface area contributed by atoms with Crippen LogP contribution < -0.4 is 5.32 Å². The predicted molar refractivity (Wildman–Crippen MR) is 61.6 cm³/mol. The smallest absolute Gasteiger partial charge is 0.277 e. The molecule has 0 atom stereocenters. The monoisotopic (exact) mass is 263 g/mol. The molecule has 1 aliphatic heterocycles. The molecule has 0 aromatic carbocycles. The summed E-state index contributed by atoms with van der Waals surface area (Å²) in [6.07, 6.45) is 5.05. The first-order valence-electron chi connectivity index (χ1n) is 6.15. The number of hydrogen-bond donors (Lipinski definition) is 1. The van der Waals surface area contributed by atoms with Gasteiger partial charge in [0.2, 0.25) is 11.8 Å². The van der Waals surface area contributed by atoms with Crippen molar-refractivity contribution in [2.24, 2.45) is 5.41 Å². The summed E-state index contributed by atoms with van der Waals surface area (Å²) >= 11 is 0. The number of nitrogens with one attached hydrogen (secondary N) is 1. The third-order valence-corrected chi connectivity index (χ3v) is 3.79. The van der Waals surface area contributed by atoms with E-state index in [1.807, 2.05) is 0 Å². The van der Waals surface area contributed by atoms with Crippen LogP contribution in [0, 0.1) is 5.41 Å². The maximum atomic E-state index is 12.3. The Morgan fingerprint density at radius 1 is 1.26 bits per heavy atom. The minimum atomic E-state index is -1.00. The van der Waals surface area contributed by atoms with Crippen LogP contribution in [0.4, 0.5) is 4.79 Å². The van der Waals surface area contributed by atoms with Crippen molar-refractivity contribution in [3.63, 3.8) is 0 Å². The number of rotatable bonds is 3. The highest BCUT2D eigenvalue weighted by molar-refractivity contribution is 6.19. The number of barbiturate groups is 1. The lowest BCUT2D eigenvalue weighted by Crippen LogP contribution is -2.66. The molecule has 1 aromatic rings. The van der Waals surface area contributed by atoms with Crippen LogP contribution in [0.25, 0.3) is 0 Å². The van der Waals surface area contributed by atoms with Crippen LogP contribution in [0.15, 0.2) is 12.4 Å². The average molecular weight is 263 g/mol. The van der Waals surface area contributed by atoms with Crippen molar-refractivity contribution in [3.05, 3.63) is 12.4 Å². The minimum absolute atomic E-state index is 0.184. The number of amides is 4. The lowest BCUT2D eigenvalue weighted by Gasteiger charge is -2.44. The van der Waals surface area contributed by atoms with E-state index in [0.717, 1.165) is 11.3 Å². The summed E-state index contributed by atoms with van der Waals surface area (Å²) < 4.78 is 1.53. The van der Waals surface area contributed by atoms with E-state index < -0.39 is 17.4 Å². The number of nitrogens with zero attached hydrogens (tertiary/aromatic N) is 4. The molecular weight excluding hydrogens is 250 g/mol. The van der Waals surface area contributed by atoms with Crippen LogP contribution in [-0.2, 0) is 16.1 Å². The van der Waals surface area contributed by atoms with E-state index in [-0.39, 0.29) is 12.5 Å². The van der Waals surface area contributed by atoms with Crippen LogP contribution in [-0.4, -0.2) is 44.3 Å².